The van der Waals surface area contributed by atoms with Gasteiger partial charge in [-0.1, -0.05) is 24.4 Å². The number of carbonyl (C=O) groups is 1. The van der Waals surface area contributed by atoms with Crippen LogP contribution in [0.3, 0.4) is 0 Å². The van der Waals surface area contributed by atoms with Gasteiger partial charge in [-0.2, -0.15) is 0 Å². The van der Waals surface area contributed by atoms with E-state index in [1.165, 1.54) is 19.3 Å². The summed E-state index contributed by atoms with van der Waals surface area (Å²) in [6.45, 7) is 1.83. The predicted molar refractivity (Wildman–Crippen MR) is 77.0 cm³/mol. The normalized spacial score (nSPS) is 26.1. The fraction of sp³-hybridized carbons (Fsp3) is 0.867. The van der Waals surface area contributed by atoms with E-state index in [-0.39, 0.29) is 12.0 Å². The molecule has 2 aliphatic carbocycles. The molecule has 0 spiro atoms. The van der Waals surface area contributed by atoms with Gasteiger partial charge in [0.25, 0.3) is 0 Å². The van der Waals surface area contributed by atoms with Crippen molar-refractivity contribution >= 4 is 11.6 Å². The van der Waals surface area contributed by atoms with E-state index >= 15 is 0 Å². The van der Waals surface area contributed by atoms with E-state index in [2.05, 4.69) is 10.5 Å². The number of nitrogens with one attached hydrogen (secondary N) is 1. The molecule has 0 aliphatic heterocycles. The Morgan fingerprint density at radius 2 is 1.90 bits per heavy atom. The number of oxime groups is 1. The van der Waals surface area contributed by atoms with Gasteiger partial charge in [-0.3, -0.25) is 4.79 Å². The summed E-state index contributed by atoms with van der Waals surface area (Å²) < 4.78 is 5.84. The lowest BCUT2D eigenvalue weighted by Crippen LogP contribution is -2.43. The Kier molecular flexibility index (Phi) is 5.83. The lowest BCUT2D eigenvalue weighted by Gasteiger charge is -2.28. The third-order valence-corrected chi connectivity index (χ3v) is 4.37. The molecule has 0 saturated heterocycles. The standard InChI is InChI=1S/C15H26N2O3/c1-11(15(18)16-12-5-3-2-4-6-12)20-14-9-7-13(17-19)8-10-14/h11-12,14,19H,2-10H2,1H3,(H,16,18). The molecule has 0 aromatic rings. The number of hydrogen-bond acceptors (Lipinski definition) is 4. The van der Waals surface area contributed by atoms with Crippen molar-refractivity contribution in [2.75, 3.05) is 0 Å². The molecule has 1 unspecified atom stereocenters. The average Bonchev–Trinajstić information content (AvgIpc) is 2.49. The average molecular weight is 282 g/mol. The van der Waals surface area contributed by atoms with E-state index in [9.17, 15) is 4.79 Å². The number of hydrogen-bond donors (Lipinski definition) is 2. The minimum Gasteiger partial charge on any atom is -0.411 e. The van der Waals surface area contributed by atoms with E-state index in [4.69, 9.17) is 9.94 Å². The largest absolute Gasteiger partial charge is 0.411 e. The molecule has 20 heavy (non-hydrogen) atoms. The topological polar surface area (TPSA) is 70.9 Å². The van der Waals surface area contributed by atoms with Crippen molar-refractivity contribution in [2.45, 2.75) is 83.0 Å². The highest BCUT2D eigenvalue weighted by Crippen LogP contribution is 2.21. The molecular formula is C15H26N2O3. The van der Waals surface area contributed by atoms with Crippen molar-refractivity contribution in [3.63, 3.8) is 0 Å². The predicted octanol–water partition coefficient (Wildman–Crippen LogP) is 2.61. The van der Waals surface area contributed by atoms with E-state index in [1.54, 1.807) is 0 Å². The summed E-state index contributed by atoms with van der Waals surface area (Å²) in [7, 11) is 0. The Hall–Kier alpha value is -1.10. The second kappa shape index (κ2) is 7.62. The molecule has 0 bridgehead atoms. The van der Waals surface area contributed by atoms with Crippen LogP contribution in [0.1, 0.15) is 64.7 Å². The summed E-state index contributed by atoms with van der Waals surface area (Å²) in [6.07, 6.45) is 8.81. The van der Waals surface area contributed by atoms with Crippen molar-refractivity contribution < 1.29 is 14.7 Å². The van der Waals surface area contributed by atoms with Gasteiger partial charge in [-0.25, -0.2) is 0 Å². The van der Waals surface area contributed by atoms with E-state index in [0.29, 0.717) is 6.04 Å². The number of amides is 1. The minimum atomic E-state index is -0.394. The summed E-state index contributed by atoms with van der Waals surface area (Å²) in [5.74, 6) is 0.0125. The van der Waals surface area contributed by atoms with Gasteiger partial charge in [0, 0.05) is 6.04 Å². The van der Waals surface area contributed by atoms with Gasteiger partial charge in [0.2, 0.25) is 5.91 Å². The third kappa shape index (κ3) is 4.47. The van der Waals surface area contributed by atoms with Gasteiger partial charge in [0.05, 0.1) is 11.8 Å². The molecule has 1 atom stereocenters. The summed E-state index contributed by atoms with van der Waals surface area (Å²) >= 11 is 0. The Morgan fingerprint density at radius 1 is 1.25 bits per heavy atom. The number of ether oxygens (including phenoxy) is 1. The van der Waals surface area contributed by atoms with Crippen molar-refractivity contribution in [3.05, 3.63) is 0 Å². The van der Waals surface area contributed by atoms with Gasteiger partial charge in [0.1, 0.15) is 6.10 Å². The van der Waals surface area contributed by atoms with Crippen LogP contribution in [0.5, 0.6) is 0 Å². The second-order valence-corrected chi connectivity index (χ2v) is 5.99. The zero-order chi connectivity index (χ0) is 14.4. The zero-order valence-electron chi connectivity index (χ0n) is 12.3. The van der Waals surface area contributed by atoms with Crippen molar-refractivity contribution in [3.8, 4) is 0 Å². The van der Waals surface area contributed by atoms with Gasteiger partial charge in [-0.15, -0.1) is 0 Å². The van der Waals surface area contributed by atoms with Crippen LogP contribution in [0.15, 0.2) is 5.16 Å². The lowest BCUT2D eigenvalue weighted by molar-refractivity contribution is -0.136. The molecule has 5 nitrogen and oxygen atoms in total. The molecule has 1 amide bonds. The first-order valence-electron chi connectivity index (χ1n) is 7.84. The summed E-state index contributed by atoms with van der Waals surface area (Å²) in [5, 5.41) is 15.1. The van der Waals surface area contributed by atoms with Crippen LogP contribution >= 0.6 is 0 Å². The number of nitrogens with zero attached hydrogens (tertiary/aromatic N) is 1. The lowest BCUT2D eigenvalue weighted by atomic mass is 9.95. The fourth-order valence-corrected chi connectivity index (χ4v) is 3.08. The quantitative estimate of drug-likeness (QED) is 0.615. The molecule has 2 rings (SSSR count). The molecule has 2 N–H and O–H groups in total. The fourth-order valence-electron chi connectivity index (χ4n) is 3.08. The highest BCUT2D eigenvalue weighted by Gasteiger charge is 2.25. The highest BCUT2D eigenvalue weighted by atomic mass is 16.5. The van der Waals surface area contributed by atoms with E-state index in [1.807, 2.05) is 6.92 Å². The molecule has 114 valence electrons. The smallest absolute Gasteiger partial charge is 0.249 e. The molecule has 0 aromatic carbocycles. The Balaban J connectivity index is 1.70. The molecule has 2 aliphatic rings. The zero-order valence-corrected chi connectivity index (χ0v) is 12.3. The van der Waals surface area contributed by atoms with E-state index < -0.39 is 6.10 Å². The van der Waals surface area contributed by atoms with Gasteiger partial charge < -0.3 is 15.3 Å². The van der Waals surface area contributed by atoms with Crippen LogP contribution in [0, 0.1) is 0 Å². The Bertz CT molecular complexity index is 341. The van der Waals surface area contributed by atoms with Gasteiger partial charge in [0.15, 0.2) is 0 Å². The van der Waals surface area contributed by atoms with Crippen LogP contribution in [-0.2, 0) is 9.53 Å². The first-order valence-corrected chi connectivity index (χ1v) is 7.84. The van der Waals surface area contributed by atoms with Gasteiger partial charge in [-0.05, 0) is 45.4 Å². The van der Waals surface area contributed by atoms with E-state index in [0.717, 1.165) is 44.2 Å². The summed E-state index contributed by atoms with van der Waals surface area (Å²) in [5.41, 5.74) is 0.837. The van der Waals surface area contributed by atoms with Crippen LogP contribution in [0.25, 0.3) is 0 Å². The van der Waals surface area contributed by atoms with Crippen LogP contribution in [0.4, 0.5) is 0 Å². The summed E-state index contributed by atoms with van der Waals surface area (Å²) in [6, 6.07) is 0.335. The maximum atomic E-state index is 12.1. The molecule has 0 aromatic heterocycles. The SMILES string of the molecule is CC(OC1CCC(=NO)CC1)C(=O)NC1CCCCC1. The first-order chi connectivity index (χ1) is 9.69. The molecular weight excluding hydrogens is 256 g/mol. The number of carbonyl (C=O) groups excluding carboxylic acids is 1. The first kappa shape index (κ1) is 15.3. The van der Waals surface area contributed by atoms with Crippen LogP contribution < -0.4 is 5.32 Å². The Morgan fingerprint density at radius 3 is 2.50 bits per heavy atom. The Labute approximate surface area is 120 Å². The maximum Gasteiger partial charge on any atom is 0.249 e. The maximum absolute atomic E-state index is 12.1. The molecule has 5 heteroatoms. The van der Waals surface area contributed by atoms with Crippen molar-refractivity contribution in [1.29, 1.82) is 0 Å². The minimum absolute atomic E-state index is 0.0125. The van der Waals surface area contributed by atoms with Crippen molar-refractivity contribution in [2.24, 2.45) is 5.16 Å². The third-order valence-electron chi connectivity index (χ3n) is 4.37. The number of rotatable bonds is 4. The van der Waals surface area contributed by atoms with Gasteiger partial charge >= 0.3 is 0 Å². The highest BCUT2D eigenvalue weighted by molar-refractivity contribution is 5.84. The van der Waals surface area contributed by atoms with Crippen LogP contribution in [0.2, 0.25) is 0 Å². The second-order valence-electron chi connectivity index (χ2n) is 5.99. The summed E-state index contributed by atoms with van der Waals surface area (Å²) in [4.78, 5) is 12.1. The molecule has 2 saturated carbocycles. The molecule has 0 radical (unpaired) electrons. The molecule has 0 heterocycles. The van der Waals surface area contributed by atoms with Crippen LogP contribution in [-0.4, -0.2) is 35.1 Å². The van der Waals surface area contributed by atoms with Crippen molar-refractivity contribution in [1.82, 2.24) is 5.32 Å². The molecule has 2 fully saturated rings. The monoisotopic (exact) mass is 282 g/mol.